The van der Waals surface area contributed by atoms with Gasteiger partial charge < -0.3 is 10.4 Å². The van der Waals surface area contributed by atoms with E-state index in [0.29, 0.717) is 15.6 Å². The molecular formula is C13H10ClNO2S. The second-order valence-corrected chi connectivity index (χ2v) is 4.55. The van der Waals surface area contributed by atoms with Crippen molar-refractivity contribution in [3.63, 3.8) is 0 Å². The van der Waals surface area contributed by atoms with Gasteiger partial charge in [-0.25, -0.2) is 0 Å². The zero-order valence-electron chi connectivity index (χ0n) is 9.22. The predicted octanol–water partition coefficient (Wildman–Crippen LogP) is 3.59. The number of phenols is 1. The van der Waals surface area contributed by atoms with Crippen molar-refractivity contribution < 1.29 is 9.90 Å². The topological polar surface area (TPSA) is 49.3 Å². The van der Waals surface area contributed by atoms with Crippen molar-refractivity contribution in [2.45, 2.75) is 4.90 Å². The predicted molar refractivity (Wildman–Crippen MR) is 74.8 cm³/mol. The van der Waals surface area contributed by atoms with Crippen molar-refractivity contribution in [1.82, 2.24) is 0 Å². The summed E-state index contributed by atoms with van der Waals surface area (Å²) < 4.78 is 0. The van der Waals surface area contributed by atoms with Crippen molar-refractivity contribution in [2.24, 2.45) is 0 Å². The van der Waals surface area contributed by atoms with Gasteiger partial charge in [0, 0.05) is 9.92 Å². The summed E-state index contributed by atoms with van der Waals surface area (Å²) in [5.74, 6) is -0.551. The van der Waals surface area contributed by atoms with Crippen LogP contribution in [-0.4, -0.2) is 11.0 Å². The van der Waals surface area contributed by atoms with E-state index in [-0.39, 0.29) is 11.3 Å². The van der Waals surface area contributed by atoms with Crippen LogP contribution in [0.15, 0.2) is 47.4 Å². The Bertz CT molecular complexity index is 601. The molecule has 0 aromatic heterocycles. The fourth-order valence-corrected chi connectivity index (χ4v) is 1.85. The average Bonchev–Trinajstić information content (AvgIpc) is 2.35. The number of hydrogen-bond acceptors (Lipinski definition) is 3. The molecule has 3 nitrogen and oxygen atoms in total. The first-order valence-electron chi connectivity index (χ1n) is 5.16. The number of carbonyl (C=O) groups is 1. The van der Waals surface area contributed by atoms with Crippen LogP contribution < -0.4 is 5.32 Å². The number of rotatable bonds is 2. The van der Waals surface area contributed by atoms with Crippen LogP contribution in [0.1, 0.15) is 10.4 Å². The fourth-order valence-electron chi connectivity index (χ4n) is 1.46. The van der Waals surface area contributed by atoms with Gasteiger partial charge in [-0.1, -0.05) is 23.7 Å². The molecule has 0 spiro atoms. The van der Waals surface area contributed by atoms with E-state index in [2.05, 4.69) is 17.9 Å². The Balaban J connectivity index is 2.28. The second-order valence-electron chi connectivity index (χ2n) is 3.63. The quantitative estimate of drug-likeness (QED) is 0.736. The molecule has 2 rings (SSSR count). The van der Waals surface area contributed by atoms with Crippen molar-refractivity contribution in [3.05, 3.63) is 53.1 Å². The number of nitrogens with one attached hydrogen (secondary N) is 1. The molecule has 2 aromatic carbocycles. The molecule has 0 radical (unpaired) electrons. The van der Waals surface area contributed by atoms with E-state index in [4.69, 9.17) is 11.6 Å². The molecule has 0 unspecified atom stereocenters. The van der Waals surface area contributed by atoms with Gasteiger partial charge in [0.2, 0.25) is 0 Å². The number of hydrogen-bond donors (Lipinski definition) is 3. The Morgan fingerprint density at radius 3 is 2.67 bits per heavy atom. The third-order valence-corrected chi connectivity index (χ3v) is 2.98. The normalized spacial score (nSPS) is 10.1. The minimum atomic E-state index is -0.434. The maximum Gasteiger partial charge on any atom is 0.259 e. The third kappa shape index (κ3) is 2.78. The summed E-state index contributed by atoms with van der Waals surface area (Å²) in [7, 11) is 0. The Kier molecular flexibility index (Phi) is 3.79. The third-order valence-electron chi connectivity index (χ3n) is 2.36. The lowest BCUT2D eigenvalue weighted by molar-refractivity contribution is 0.102. The van der Waals surface area contributed by atoms with Gasteiger partial charge in [0.15, 0.2) is 0 Å². The van der Waals surface area contributed by atoms with Crippen molar-refractivity contribution >= 4 is 35.8 Å². The highest BCUT2D eigenvalue weighted by atomic mass is 35.5. The van der Waals surface area contributed by atoms with Crippen molar-refractivity contribution in [2.75, 3.05) is 5.32 Å². The van der Waals surface area contributed by atoms with Gasteiger partial charge in [-0.2, -0.15) is 0 Å². The molecule has 0 bridgehead atoms. The number of thiol groups is 1. The van der Waals surface area contributed by atoms with Crippen LogP contribution in [0.5, 0.6) is 5.75 Å². The van der Waals surface area contributed by atoms with Crippen molar-refractivity contribution in [1.29, 1.82) is 0 Å². The van der Waals surface area contributed by atoms with Gasteiger partial charge in [-0.05, 0) is 30.3 Å². The molecular weight excluding hydrogens is 270 g/mol. The number of aromatic hydroxyl groups is 1. The average molecular weight is 280 g/mol. The van der Waals surface area contributed by atoms with Crippen LogP contribution in [0, 0.1) is 0 Å². The highest BCUT2D eigenvalue weighted by Crippen LogP contribution is 2.24. The first-order chi connectivity index (χ1) is 8.58. The first-order valence-corrected chi connectivity index (χ1v) is 5.98. The summed E-state index contributed by atoms with van der Waals surface area (Å²) in [5.41, 5.74) is 0.698. The molecule has 0 heterocycles. The van der Waals surface area contributed by atoms with E-state index in [1.807, 2.05) is 6.07 Å². The SMILES string of the molecule is O=C(Nc1ccccc1S)c1cc(Cl)ccc1O. The Morgan fingerprint density at radius 2 is 1.94 bits per heavy atom. The van der Waals surface area contributed by atoms with E-state index in [9.17, 15) is 9.90 Å². The van der Waals surface area contributed by atoms with Crippen LogP contribution in [0.3, 0.4) is 0 Å². The van der Waals surface area contributed by atoms with Crippen molar-refractivity contribution in [3.8, 4) is 5.75 Å². The largest absolute Gasteiger partial charge is 0.507 e. The number of phenolic OH excluding ortho intramolecular Hbond substituents is 1. The molecule has 0 fully saturated rings. The Morgan fingerprint density at radius 1 is 1.22 bits per heavy atom. The number of carbonyl (C=O) groups excluding carboxylic acids is 1. The number of amides is 1. The molecule has 92 valence electrons. The van der Waals surface area contributed by atoms with Crippen LogP contribution in [0.4, 0.5) is 5.69 Å². The summed E-state index contributed by atoms with van der Waals surface area (Å²) in [6.45, 7) is 0. The highest BCUT2D eigenvalue weighted by Gasteiger charge is 2.12. The number of benzene rings is 2. The molecule has 1 amide bonds. The molecule has 18 heavy (non-hydrogen) atoms. The van der Waals surface area contributed by atoms with Crippen LogP contribution >= 0.6 is 24.2 Å². The van der Waals surface area contributed by atoms with Crippen LogP contribution in [0.25, 0.3) is 0 Å². The lowest BCUT2D eigenvalue weighted by atomic mass is 10.2. The molecule has 0 aliphatic carbocycles. The van der Waals surface area contributed by atoms with E-state index in [1.165, 1.54) is 18.2 Å². The molecule has 5 heteroatoms. The minimum Gasteiger partial charge on any atom is -0.507 e. The van der Waals surface area contributed by atoms with Gasteiger partial charge >= 0.3 is 0 Å². The van der Waals surface area contributed by atoms with Crippen LogP contribution in [0.2, 0.25) is 5.02 Å². The smallest absolute Gasteiger partial charge is 0.259 e. The zero-order chi connectivity index (χ0) is 13.1. The number of para-hydroxylation sites is 1. The molecule has 0 atom stereocenters. The van der Waals surface area contributed by atoms with E-state index < -0.39 is 5.91 Å². The maximum atomic E-state index is 12.0. The van der Waals surface area contributed by atoms with Crippen LogP contribution in [-0.2, 0) is 0 Å². The molecule has 0 aliphatic heterocycles. The summed E-state index contributed by atoms with van der Waals surface area (Å²) in [6.07, 6.45) is 0. The van der Waals surface area contributed by atoms with Gasteiger partial charge in [0.1, 0.15) is 5.75 Å². The van der Waals surface area contributed by atoms with Gasteiger partial charge in [0.05, 0.1) is 11.3 Å². The second kappa shape index (κ2) is 5.33. The molecule has 0 aliphatic rings. The highest BCUT2D eigenvalue weighted by molar-refractivity contribution is 7.80. The summed E-state index contributed by atoms with van der Waals surface area (Å²) >= 11 is 10.0. The Hall–Kier alpha value is -1.65. The van der Waals surface area contributed by atoms with Gasteiger partial charge in [0.25, 0.3) is 5.91 Å². The molecule has 0 saturated carbocycles. The monoisotopic (exact) mass is 279 g/mol. The summed E-state index contributed by atoms with van der Waals surface area (Å²) in [6, 6.07) is 11.4. The van der Waals surface area contributed by atoms with E-state index in [0.717, 1.165) is 0 Å². The standard InChI is InChI=1S/C13H10ClNO2S/c14-8-5-6-11(16)9(7-8)13(17)15-10-3-1-2-4-12(10)18/h1-7,16,18H,(H,15,17). The number of anilines is 1. The maximum absolute atomic E-state index is 12.0. The Labute approximate surface area is 115 Å². The summed E-state index contributed by atoms with van der Waals surface area (Å²) in [4.78, 5) is 12.6. The van der Waals surface area contributed by atoms with E-state index >= 15 is 0 Å². The fraction of sp³-hybridized carbons (Fsp3) is 0. The molecule has 2 N–H and O–H groups in total. The molecule has 0 saturated heterocycles. The number of halogens is 1. The summed E-state index contributed by atoms with van der Waals surface area (Å²) in [5, 5.41) is 12.7. The minimum absolute atomic E-state index is 0.117. The lowest BCUT2D eigenvalue weighted by Crippen LogP contribution is -2.12. The van der Waals surface area contributed by atoms with Gasteiger partial charge in [-0.3, -0.25) is 4.79 Å². The van der Waals surface area contributed by atoms with E-state index in [1.54, 1.807) is 18.2 Å². The lowest BCUT2D eigenvalue weighted by Gasteiger charge is -2.08. The first kappa shape index (κ1) is 12.8. The molecule has 2 aromatic rings. The van der Waals surface area contributed by atoms with Gasteiger partial charge in [-0.15, -0.1) is 12.6 Å². The zero-order valence-corrected chi connectivity index (χ0v) is 10.9.